The largest absolute Gasteiger partial charge is 0.335 e. The van der Waals surface area contributed by atoms with Crippen LogP contribution in [-0.2, 0) is 16.2 Å². The summed E-state index contributed by atoms with van der Waals surface area (Å²) in [6.45, 7) is 21.8. The summed E-state index contributed by atoms with van der Waals surface area (Å²) in [5, 5.41) is 2.72. The minimum absolute atomic E-state index is 0.0142. The van der Waals surface area contributed by atoms with Gasteiger partial charge in [0, 0.05) is 54.0 Å². The highest BCUT2D eigenvalue weighted by molar-refractivity contribution is 7.26. The number of aryl methyl sites for hydroxylation is 1. The Kier molecular flexibility index (Phi) is 6.28. The predicted octanol–water partition coefficient (Wildman–Crippen LogP) is 11.3. The Morgan fingerprint density at radius 1 is 0.667 bits per heavy atom. The van der Waals surface area contributed by atoms with Gasteiger partial charge in [-0.2, -0.15) is 0 Å². The van der Waals surface area contributed by atoms with Crippen molar-refractivity contribution in [3.05, 3.63) is 107 Å². The molecule has 0 bridgehead atoms. The smallest absolute Gasteiger partial charge is 0.252 e. The van der Waals surface area contributed by atoms with Crippen LogP contribution in [-0.4, -0.2) is 12.3 Å². The molecule has 1 saturated carbocycles. The van der Waals surface area contributed by atoms with Crippen LogP contribution in [0.4, 0.5) is 28.4 Å². The fourth-order valence-electron chi connectivity index (χ4n) is 10.5. The molecular formula is C47H49BN2S. The van der Waals surface area contributed by atoms with E-state index in [9.17, 15) is 0 Å². The molecule has 2 unspecified atom stereocenters. The topological polar surface area (TPSA) is 6.48 Å². The highest BCUT2D eigenvalue weighted by Crippen LogP contribution is 2.62. The van der Waals surface area contributed by atoms with Crippen LogP contribution in [0.1, 0.15) is 103 Å². The Balaban J connectivity index is 1.35. The average Bonchev–Trinajstić information content (AvgIpc) is 3.54. The molecule has 0 radical (unpaired) electrons. The van der Waals surface area contributed by atoms with E-state index >= 15 is 0 Å². The predicted molar refractivity (Wildman–Crippen MR) is 224 cm³/mol. The quantitative estimate of drug-likeness (QED) is 0.159. The molecule has 6 aromatic rings. The Bertz CT molecular complexity index is 2460. The van der Waals surface area contributed by atoms with Crippen LogP contribution in [0.2, 0.25) is 0 Å². The van der Waals surface area contributed by atoms with Crippen molar-refractivity contribution < 1.29 is 0 Å². The van der Waals surface area contributed by atoms with Crippen LogP contribution < -0.4 is 26.2 Å². The van der Waals surface area contributed by atoms with Crippen molar-refractivity contribution >= 4 is 83.0 Å². The molecule has 5 aromatic carbocycles. The molecule has 4 aliphatic rings. The molecule has 4 heterocycles. The molecule has 1 aliphatic carbocycles. The molecule has 10 rings (SSSR count). The van der Waals surface area contributed by atoms with Gasteiger partial charge in [-0.05, 0) is 119 Å². The lowest BCUT2D eigenvalue weighted by Gasteiger charge is -2.52. The molecule has 2 atom stereocenters. The number of anilines is 5. The van der Waals surface area contributed by atoms with E-state index in [4.69, 9.17) is 0 Å². The second-order valence-corrected chi connectivity index (χ2v) is 19.7. The lowest BCUT2D eigenvalue weighted by atomic mass is 9.33. The minimum atomic E-state index is 0.0142. The molecule has 1 aromatic heterocycles. The van der Waals surface area contributed by atoms with E-state index in [1.165, 1.54) is 107 Å². The zero-order valence-corrected chi connectivity index (χ0v) is 32.6. The van der Waals surface area contributed by atoms with Gasteiger partial charge in [-0.1, -0.05) is 104 Å². The number of benzene rings is 5. The Hall–Kier alpha value is -4.02. The summed E-state index contributed by atoms with van der Waals surface area (Å²) < 4.78 is 2.74. The van der Waals surface area contributed by atoms with Gasteiger partial charge in [0.05, 0.1) is 5.54 Å². The van der Waals surface area contributed by atoms with E-state index in [-0.39, 0.29) is 28.5 Å². The van der Waals surface area contributed by atoms with Gasteiger partial charge < -0.3 is 9.80 Å². The zero-order valence-electron chi connectivity index (χ0n) is 31.8. The first kappa shape index (κ1) is 31.7. The van der Waals surface area contributed by atoms with E-state index in [0.29, 0.717) is 0 Å². The molecule has 256 valence electrons. The van der Waals surface area contributed by atoms with Crippen molar-refractivity contribution in [1.29, 1.82) is 0 Å². The monoisotopic (exact) mass is 684 g/mol. The van der Waals surface area contributed by atoms with Crippen molar-refractivity contribution in [2.45, 2.75) is 110 Å². The fraction of sp³-hybridized carbons (Fsp3) is 0.362. The Morgan fingerprint density at radius 3 is 2.12 bits per heavy atom. The van der Waals surface area contributed by atoms with Crippen LogP contribution in [0.25, 0.3) is 20.2 Å². The van der Waals surface area contributed by atoms with Crippen molar-refractivity contribution in [3.63, 3.8) is 0 Å². The summed E-state index contributed by atoms with van der Waals surface area (Å²) in [6, 6.07) is 33.8. The van der Waals surface area contributed by atoms with Gasteiger partial charge in [0.15, 0.2) is 0 Å². The molecule has 51 heavy (non-hydrogen) atoms. The molecule has 2 nitrogen and oxygen atoms in total. The third-order valence-electron chi connectivity index (χ3n) is 13.5. The molecule has 3 aliphatic heterocycles. The van der Waals surface area contributed by atoms with E-state index in [1.54, 1.807) is 5.56 Å². The number of hydrogen-bond acceptors (Lipinski definition) is 3. The van der Waals surface area contributed by atoms with Crippen molar-refractivity contribution in [2.75, 3.05) is 9.80 Å². The first-order valence-electron chi connectivity index (χ1n) is 19.2. The van der Waals surface area contributed by atoms with Gasteiger partial charge in [-0.3, -0.25) is 0 Å². The molecule has 0 N–H and O–H groups in total. The standard InChI is InChI=1S/C47H49BN2S/c1-28-22-38-42-39(23-28)50-43-34(46(8)20-12-13-21-47(46,50)9)24-30(45(5,6)7)25-36(43)48(42)35-27-41-33(32-14-10-11-15-40(32)51-41)26-37(35)49(38)31-18-16-29(17-19-31)44(2,3)4/h10-11,14-19,22-27H,12-13,20-21H2,1-9H3. The summed E-state index contributed by atoms with van der Waals surface area (Å²) in [7, 11) is 0. The maximum absolute atomic E-state index is 2.87. The summed E-state index contributed by atoms with van der Waals surface area (Å²) >= 11 is 1.95. The van der Waals surface area contributed by atoms with E-state index in [2.05, 4.69) is 157 Å². The molecule has 4 heteroatoms. The number of fused-ring (bicyclic) bond motifs is 10. The van der Waals surface area contributed by atoms with E-state index < -0.39 is 0 Å². The minimum Gasteiger partial charge on any atom is -0.335 e. The van der Waals surface area contributed by atoms with Gasteiger partial charge in [0.1, 0.15) is 0 Å². The first-order chi connectivity index (χ1) is 24.2. The summed E-state index contributed by atoms with van der Waals surface area (Å²) in [4.78, 5) is 5.49. The zero-order chi connectivity index (χ0) is 35.4. The first-order valence-corrected chi connectivity index (χ1v) is 20.0. The van der Waals surface area contributed by atoms with Crippen LogP contribution >= 0.6 is 11.3 Å². The number of nitrogens with zero attached hydrogens (tertiary/aromatic N) is 2. The van der Waals surface area contributed by atoms with Gasteiger partial charge in [0.25, 0.3) is 6.71 Å². The molecular weight excluding hydrogens is 635 g/mol. The highest BCUT2D eigenvalue weighted by Gasteiger charge is 2.61. The fourth-order valence-corrected chi connectivity index (χ4v) is 11.6. The summed E-state index contributed by atoms with van der Waals surface area (Å²) in [5.74, 6) is 0. The normalized spacial score (nSPS) is 21.9. The molecule has 1 fully saturated rings. The second-order valence-electron chi connectivity index (χ2n) is 18.6. The van der Waals surface area contributed by atoms with Crippen molar-refractivity contribution in [3.8, 4) is 0 Å². The van der Waals surface area contributed by atoms with Gasteiger partial charge in [-0.15, -0.1) is 11.3 Å². The maximum atomic E-state index is 2.87. The lowest BCUT2D eigenvalue weighted by molar-refractivity contribution is 0.195. The van der Waals surface area contributed by atoms with Gasteiger partial charge >= 0.3 is 0 Å². The number of hydrogen-bond donors (Lipinski definition) is 0. The molecule has 0 amide bonds. The van der Waals surface area contributed by atoms with Crippen molar-refractivity contribution in [1.82, 2.24) is 0 Å². The third kappa shape index (κ3) is 4.12. The van der Waals surface area contributed by atoms with Crippen LogP contribution in [0.5, 0.6) is 0 Å². The molecule has 0 spiro atoms. The van der Waals surface area contributed by atoms with E-state index in [0.717, 1.165) is 0 Å². The van der Waals surface area contributed by atoms with Gasteiger partial charge in [0.2, 0.25) is 0 Å². The van der Waals surface area contributed by atoms with Crippen LogP contribution in [0.15, 0.2) is 84.9 Å². The Morgan fingerprint density at radius 2 is 1.37 bits per heavy atom. The van der Waals surface area contributed by atoms with Crippen LogP contribution in [0, 0.1) is 6.92 Å². The number of rotatable bonds is 1. The molecule has 0 saturated heterocycles. The Labute approximate surface area is 308 Å². The summed E-state index contributed by atoms with van der Waals surface area (Å²) in [5.41, 5.74) is 17.2. The second kappa shape index (κ2) is 10.1. The van der Waals surface area contributed by atoms with Crippen LogP contribution in [0.3, 0.4) is 0 Å². The average molecular weight is 685 g/mol. The number of thiophene rings is 1. The maximum Gasteiger partial charge on any atom is 0.252 e. The summed E-state index contributed by atoms with van der Waals surface area (Å²) in [6.07, 6.45) is 5.04. The third-order valence-corrected chi connectivity index (χ3v) is 14.7. The highest BCUT2D eigenvalue weighted by atomic mass is 32.1. The van der Waals surface area contributed by atoms with Gasteiger partial charge in [-0.25, -0.2) is 0 Å². The lowest BCUT2D eigenvalue weighted by Crippen LogP contribution is -2.64. The van der Waals surface area contributed by atoms with E-state index in [1.807, 2.05) is 11.3 Å². The van der Waals surface area contributed by atoms with Crippen molar-refractivity contribution in [2.24, 2.45) is 0 Å². The SMILES string of the molecule is Cc1cc2c3c(c1)N1c4c(cc(C(C)(C)C)cc4C4(C)CCCCC14C)B3c1cc3sc4ccccc4c3cc1N2c1ccc(C(C)(C)C)cc1.